The van der Waals surface area contributed by atoms with E-state index in [-0.39, 0.29) is 6.04 Å². The molecule has 1 heterocycles. The number of hydrogen-bond acceptors (Lipinski definition) is 2. The molecular weight excluding hydrogens is 248 g/mol. The van der Waals surface area contributed by atoms with Crippen molar-refractivity contribution >= 4 is 0 Å². The fraction of sp³-hybridized carbons (Fsp3) is 0.471. The van der Waals surface area contributed by atoms with Gasteiger partial charge >= 0.3 is 0 Å². The van der Waals surface area contributed by atoms with Gasteiger partial charge in [-0.2, -0.15) is 5.10 Å². The number of aryl methyl sites for hydroxylation is 1. The van der Waals surface area contributed by atoms with Crippen molar-refractivity contribution in [2.45, 2.75) is 53.0 Å². The van der Waals surface area contributed by atoms with Gasteiger partial charge in [0.2, 0.25) is 0 Å². The van der Waals surface area contributed by atoms with Crippen LogP contribution in [-0.2, 0) is 6.42 Å². The smallest absolute Gasteiger partial charge is 0.164 e. The predicted octanol–water partition coefficient (Wildman–Crippen LogP) is 4.49. The molecule has 108 valence electrons. The minimum atomic E-state index is 0.256. The van der Waals surface area contributed by atoms with E-state index in [0.717, 1.165) is 30.5 Å². The number of aromatic nitrogens is 2. The van der Waals surface area contributed by atoms with E-state index < -0.39 is 0 Å². The third-order valence-electron chi connectivity index (χ3n) is 3.56. The highest BCUT2D eigenvalue weighted by Crippen LogP contribution is 2.34. The molecule has 3 heteroatoms. The Balaban J connectivity index is 2.46. The van der Waals surface area contributed by atoms with Gasteiger partial charge in [0.25, 0.3) is 0 Å². The second-order valence-corrected chi connectivity index (χ2v) is 5.65. The second-order valence-electron chi connectivity index (χ2n) is 5.65. The molecule has 0 aliphatic heterocycles. The summed E-state index contributed by atoms with van der Waals surface area (Å²) in [5, 5.41) is 15.2. The molecule has 1 N–H and O–H groups in total. The first-order valence-corrected chi connectivity index (χ1v) is 7.42. The number of benzene rings is 1. The predicted molar refractivity (Wildman–Crippen MR) is 83.1 cm³/mol. The van der Waals surface area contributed by atoms with Gasteiger partial charge in [0.15, 0.2) is 5.75 Å². The van der Waals surface area contributed by atoms with E-state index in [1.807, 2.05) is 16.8 Å². The lowest BCUT2D eigenvalue weighted by molar-refractivity contribution is 0.451. The Bertz CT molecular complexity index is 567. The van der Waals surface area contributed by atoms with E-state index in [1.54, 1.807) is 0 Å². The average Bonchev–Trinajstić information content (AvgIpc) is 2.75. The van der Waals surface area contributed by atoms with Crippen LogP contribution in [0.4, 0.5) is 0 Å². The van der Waals surface area contributed by atoms with Crippen LogP contribution in [-0.4, -0.2) is 14.9 Å². The summed E-state index contributed by atoms with van der Waals surface area (Å²) in [5.41, 5.74) is 3.84. The van der Waals surface area contributed by atoms with Crippen molar-refractivity contribution in [3.63, 3.8) is 0 Å². The van der Waals surface area contributed by atoms with E-state index in [0.29, 0.717) is 11.4 Å². The summed E-state index contributed by atoms with van der Waals surface area (Å²) in [4.78, 5) is 0. The van der Waals surface area contributed by atoms with E-state index in [9.17, 15) is 5.11 Å². The van der Waals surface area contributed by atoms with Crippen molar-refractivity contribution in [3.8, 4) is 17.0 Å². The second kappa shape index (κ2) is 6.12. The van der Waals surface area contributed by atoms with Crippen LogP contribution in [0, 0.1) is 6.92 Å². The molecule has 1 aromatic carbocycles. The topological polar surface area (TPSA) is 38.1 Å². The normalized spacial score (nSPS) is 11.2. The van der Waals surface area contributed by atoms with E-state index in [1.165, 1.54) is 5.56 Å². The Kier molecular flexibility index (Phi) is 4.48. The van der Waals surface area contributed by atoms with Crippen molar-refractivity contribution in [2.75, 3.05) is 0 Å². The Morgan fingerprint density at radius 1 is 1.20 bits per heavy atom. The largest absolute Gasteiger partial charge is 0.504 e. The molecule has 20 heavy (non-hydrogen) atoms. The fourth-order valence-electron chi connectivity index (χ4n) is 2.37. The zero-order valence-corrected chi connectivity index (χ0v) is 12.8. The monoisotopic (exact) mass is 272 g/mol. The third kappa shape index (κ3) is 2.87. The highest BCUT2D eigenvalue weighted by atomic mass is 16.3. The molecule has 0 bridgehead atoms. The molecule has 0 saturated heterocycles. The average molecular weight is 272 g/mol. The molecule has 1 aromatic heterocycles. The minimum Gasteiger partial charge on any atom is -0.504 e. The maximum absolute atomic E-state index is 10.5. The van der Waals surface area contributed by atoms with Crippen molar-refractivity contribution in [1.82, 2.24) is 9.78 Å². The quantitative estimate of drug-likeness (QED) is 0.871. The van der Waals surface area contributed by atoms with E-state index >= 15 is 0 Å². The Morgan fingerprint density at radius 2 is 1.85 bits per heavy atom. The maximum Gasteiger partial charge on any atom is 0.164 e. The van der Waals surface area contributed by atoms with Gasteiger partial charge in [0.1, 0.15) is 5.69 Å². The zero-order chi connectivity index (χ0) is 14.7. The van der Waals surface area contributed by atoms with Gasteiger partial charge in [-0.25, -0.2) is 0 Å². The minimum absolute atomic E-state index is 0.256. The first-order valence-electron chi connectivity index (χ1n) is 7.42. The Labute approximate surface area is 121 Å². The standard InChI is InChI=1S/C17H24N2O/c1-5-6-7-15-17(20)16(18-19(15)12(2)3)14-10-8-13(4)9-11-14/h8-12,20H,5-7H2,1-4H3. The maximum atomic E-state index is 10.5. The van der Waals surface area contributed by atoms with Gasteiger partial charge in [0, 0.05) is 11.6 Å². The number of nitrogens with zero attached hydrogens (tertiary/aromatic N) is 2. The third-order valence-corrected chi connectivity index (χ3v) is 3.56. The molecule has 0 spiro atoms. The van der Waals surface area contributed by atoms with Crippen molar-refractivity contribution in [2.24, 2.45) is 0 Å². The SMILES string of the molecule is CCCCc1c(O)c(-c2ccc(C)cc2)nn1C(C)C. The molecule has 2 aromatic rings. The molecule has 0 aliphatic rings. The Hall–Kier alpha value is -1.77. The summed E-state index contributed by atoms with van der Waals surface area (Å²) in [6, 6.07) is 8.40. The van der Waals surface area contributed by atoms with Gasteiger partial charge in [-0.3, -0.25) is 4.68 Å². The molecule has 0 aliphatic carbocycles. The van der Waals surface area contributed by atoms with Gasteiger partial charge in [-0.15, -0.1) is 0 Å². The molecule has 0 radical (unpaired) electrons. The van der Waals surface area contributed by atoms with Gasteiger partial charge in [-0.05, 0) is 33.6 Å². The summed E-state index contributed by atoms with van der Waals surface area (Å²) in [7, 11) is 0. The van der Waals surface area contributed by atoms with Crippen LogP contribution in [0.15, 0.2) is 24.3 Å². The molecule has 0 atom stereocenters. The lowest BCUT2D eigenvalue weighted by atomic mass is 10.1. The molecule has 0 fully saturated rings. The summed E-state index contributed by atoms with van der Waals surface area (Å²) in [5.74, 6) is 0.344. The molecule has 0 saturated carbocycles. The fourth-order valence-corrected chi connectivity index (χ4v) is 2.37. The highest BCUT2D eigenvalue weighted by Gasteiger charge is 2.19. The first-order chi connectivity index (χ1) is 9.54. The van der Waals surface area contributed by atoms with Gasteiger partial charge in [-0.1, -0.05) is 43.2 Å². The van der Waals surface area contributed by atoms with Crippen LogP contribution in [0.25, 0.3) is 11.3 Å². The van der Waals surface area contributed by atoms with Crippen LogP contribution >= 0.6 is 0 Å². The lowest BCUT2D eigenvalue weighted by Crippen LogP contribution is -2.07. The van der Waals surface area contributed by atoms with E-state index in [4.69, 9.17) is 0 Å². The number of rotatable bonds is 5. The number of unbranched alkanes of at least 4 members (excludes halogenated alkanes) is 1. The van der Waals surface area contributed by atoms with Crippen LogP contribution in [0.3, 0.4) is 0 Å². The number of aromatic hydroxyl groups is 1. The lowest BCUT2D eigenvalue weighted by Gasteiger charge is -2.10. The summed E-state index contributed by atoms with van der Waals surface area (Å²) in [6.07, 6.45) is 3.06. The zero-order valence-electron chi connectivity index (χ0n) is 12.8. The van der Waals surface area contributed by atoms with E-state index in [2.05, 4.69) is 44.9 Å². The Morgan fingerprint density at radius 3 is 2.40 bits per heavy atom. The van der Waals surface area contributed by atoms with Gasteiger partial charge in [0.05, 0.1) is 5.69 Å². The van der Waals surface area contributed by atoms with Crippen molar-refractivity contribution < 1.29 is 5.11 Å². The van der Waals surface area contributed by atoms with Crippen molar-refractivity contribution in [1.29, 1.82) is 0 Å². The molecule has 0 unspecified atom stereocenters. The molecule has 3 nitrogen and oxygen atoms in total. The van der Waals surface area contributed by atoms with Crippen LogP contribution in [0.2, 0.25) is 0 Å². The molecule has 0 amide bonds. The van der Waals surface area contributed by atoms with Crippen LogP contribution in [0.1, 0.15) is 50.9 Å². The first kappa shape index (κ1) is 14.6. The van der Waals surface area contributed by atoms with Crippen molar-refractivity contribution in [3.05, 3.63) is 35.5 Å². The summed E-state index contributed by atoms with van der Waals surface area (Å²) in [6.45, 7) is 8.42. The van der Waals surface area contributed by atoms with Gasteiger partial charge < -0.3 is 5.11 Å². The molecule has 2 rings (SSSR count). The summed E-state index contributed by atoms with van der Waals surface area (Å²) < 4.78 is 1.96. The highest BCUT2D eigenvalue weighted by molar-refractivity contribution is 5.67. The number of hydrogen-bond donors (Lipinski definition) is 1. The molecular formula is C17H24N2O. The summed E-state index contributed by atoms with van der Waals surface area (Å²) >= 11 is 0. The van der Waals surface area contributed by atoms with Crippen LogP contribution in [0.5, 0.6) is 5.75 Å². The van der Waals surface area contributed by atoms with Crippen LogP contribution < -0.4 is 0 Å².